The molecule has 0 amide bonds. The van der Waals surface area contributed by atoms with Crippen molar-refractivity contribution >= 4 is 0 Å². The van der Waals surface area contributed by atoms with E-state index in [9.17, 15) is 0 Å². The third-order valence-corrected chi connectivity index (χ3v) is 3.44. The molecule has 0 aliphatic rings. The lowest BCUT2D eigenvalue weighted by molar-refractivity contribution is 0.749. The Morgan fingerprint density at radius 2 is 1.94 bits per heavy atom. The van der Waals surface area contributed by atoms with Crippen molar-refractivity contribution in [3.8, 4) is 0 Å². The van der Waals surface area contributed by atoms with Crippen molar-refractivity contribution in [3.63, 3.8) is 0 Å². The van der Waals surface area contributed by atoms with E-state index in [0.717, 1.165) is 6.42 Å². The zero-order valence-electron chi connectivity index (χ0n) is 10.8. The molecule has 0 aliphatic heterocycles. The van der Waals surface area contributed by atoms with E-state index in [2.05, 4.69) is 50.0 Å². The largest absolute Gasteiger partial charge is 0.264 e. The molecule has 0 N–H and O–H groups in total. The van der Waals surface area contributed by atoms with Crippen LogP contribution in [0.15, 0.2) is 42.7 Å². The number of rotatable bonds is 3. The van der Waals surface area contributed by atoms with Crippen LogP contribution in [0.25, 0.3) is 0 Å². The molecule has 88 valence electrons. The van der Waals surface area contributed by atoms with Gasteiger partial charge < -0.3 is 0 Å². The number of benzene rings is 1. The van der Waals surface area contributed by atoms with Gasteiger partial charge in [0.05, 0.1) is 0 Å². The minimum absolute atomic E-state index is 0.541. The van der Waals surface area contributed by atoms with Gasteiger partial charge in [0.2, 0.25) is 0 Å². The Kier molecular flexibility index (Phi) is 3.58. The maximum Gasteiger partial charge on any atom is 0.0300 e. The fourth-order valence-corrected chi connectivity index (χ4v) is 2.29. The summed E-state index contributed by atoms with van der Waals surface area (Å²) in [4.78, 5) is 4.17. The number of aryl methyl sites for hydroxylation is 1. The Labute approximate surface area is 104 Å². The molecule has 1 atom stereocenters. The molecule has 2 aromatic rings. The Balaban J connectivity index is 2.20. The highest BCUT2D eigenvalue weighted by Gasteiger charge is 2.10. The van der Waals surface area contributed by atoms with Crippen molar-refractivity contribution in [2.45, 2.75) is 33.1 Å². The van der Waals surface area contributed by atoms with Crippen LogP contribution in [0.4, 0.5) is 0 Å². The summed E-state index contributed by atoms with van der Waals surface area (Å²) >= 11 is 0. The average molecular weight is 225 g/mol. The van der Waals surface area contributed by atoms with Crippen LogP contribution in [-0.4, -0.2) is 4.98 Å². The van der Waals surface area contributed by atoms with Crippen molar-refractivity contribution in [3.05, 3.63) is 65.0 Å². The first-order valence-electron chi connectivity index (χ1n) is 6.13. The first kappa shape index (κ1) is 11.8. The molecule has 0 saturated heterocycles. The van der Waals surface area contributed by atoms with Gasteiger partial charge in [0.1, 0.15) is 0 Å². The maximum absolute atomic E-state index is 4.17. The van der Waals surface area contributed by atoms with Gasteiger partial charge in [-0.3, -0.25) is 4.98 Å². The standard InChI is InChI=1S/C16H19N/c1-12-6-4-8-16(14(12)3)13(2)10-15-7-5-9-17-11-15/h4-9,11,13H,10H2,1-3H3. The molecule has 2 rings (SSSR count). The molecular weight excluding hydrogens is 206 g/mol. The predicted molar refractivity (Wildman–Crippen MR) is 72.3 cm³/mol. The van der Waals surface area contributed by atoms with E-state index in [-0.39, 0.29) is 0 Å². The van der Waals surface area contributed by atoms with E-state index in [1.165, 1.54) is 22.3 Å². The van der Waals surface area contributed by atoms with Crippen LogP contribution in [0.2, 0.25) is 0 Å². The highest BCUT2D eigenvalue weighted by molar-refractivity contribution is 5.36. The Hall–Kier alpha value is -1.63. The molecule has 1 heteroatoms. The van der Waals surface area contributed by atoms with Gasteiger partial charge in [-0.2, -0.15) is 0 Å². The summed E-state index contributed by atoms with van der Waals surface area (Å²) in [6, 6.07) is 10.7. The average Bonchev–Trinajstić information content (AvgIpc) is 2.34. The van der Waals surface area contributed by atoms with Gasteiger partial charge in [-0.05, 0) is 54.5 Å². The molecule has 0 aliphatic carbocycles. The number of nitrogens with zero attached hydrogens (tertiary/aromatic N) is 1. The zero-order valence-corrected chi connectivity index (χ0v) is 10.8. The number of pyridine rings is 1. The van der Waals surface area contributed by atoms with Crippen LogP contribution >= 0.6 is 0 Å². The van der Waals surface area contributed by atoms with Gasteiger partial charge in [0, 0.05) is 12.4 Å². The second-order valence-electron chi connectivity index (χ2n) is 4.76. The van der Waals surface area contributed by atoms with E-state index in [1.54, 1.807) is 0 Å². The molecule has 0 spiro atoms. The Bertz CT molecular complexity index is 488. The third kappa shape index (κ3) is 2.73. The summed E-state index contributed by atoms with van der Waals surface area (Å²) in [7, 11) is 0. The normalized spacial score (nSPS) is 12.4. The van der Waals surface area contributed by atoms with Crippen molar-refractivity contribution < 1.29 is 0 Å². The first-order valence-corrected chi connectivity index (χ1v) is 6.13. The van der Waals surface area contributed by atoms with Crippen LogP contribution in [0.3, 0.4) is 0 Å². The quantitative estimate of drug-likeness (QED) is 0.768. The number of aromatic nitrogens is 1. The van der Waals surface area contributed by atoms with Crippen molar-refractivity contribution in [1.29, 1.82) is 0 Å². The predicted octanol–water partition coefficient (Wildman–Crippen LogP) is 4.04. The second kappa shape index (κ2) is 5.13. The topological polar surface area (TPSA) is 12.9 Å². The monoisotopic (exact) mass is 225 g/mol. The number of hydrogen-bond donors (Lipinski definition) is 0. The molecule has 0 saturated carbocycles. The first-order chi connectivity index (χ1) is 8.18. The van der Waals surface area contributed by atoms with Gasteiger partial charge in [-0.15, -0.1) is 0 Å². The van der Waals surface area contributed by atoms with E-state index in [1.807, 2.05) is 18.5 Å². The van der Waals surface area contributed by atoms with E-state index in [0.29, 0.717) is 5.92 Å². The molecule has 1 nitrogen and oxygen atoms in total. The van der Waals surface area contributed by atoms with Crippen molar-refractivity contribution in [1.82, 2.24) is 4.98 Å². The molecule has 0 fully saturated rings. The highest BCUT2D eigenvalue weighted by Crippen LogP contribution is 2.24. The molecule has 1 heterocycles. The maximum atomic E-state index is 4.17. The highest BCUT2D eigenvalue weighted by atomic mass is 14.6. The van der Waals surface area contributed by atoms with Crippen LogP contribution in [0.1, 0.15) is 35.1 Å². The molecule has 0 radical (unpaired) electrons. The van der Waals surface area contributed by atoms with E-state index < -0.39 is 0 Å². The van der Waals surface area contributed by atoms with Crippen molar-refractivity contribution in [2.24, 2.45) is 0 Å². The minimum Gasteiger partial charge on any atom is -0.264 e. The lowest BCUT2D eigenvalue weighted by Gasteiger charge is -2.16. The van der Waals surface area contributed by atoms with Crippen LogP contribution in [0, 0.1) is 13.8 Å². The van der Waals surface area contributed by atoms with Crippen molar-refractivity contribution in [2.75, 3.05) is 0 Å². The van der Waals surface area contributed by atoms with Gasteiger partial charge in [0.15, 0.2) is 0 Å². The second-order valence-corrected chi connectivity index (χ2v) is 4.76. The lowest BCUT2D eigenvalue weighted by Crippen LogP contribution is -2.02. The van der Waals surface area contributed by atoms with Gasteiger partial charge in [0.25, 0.3) is 0 Å². The van der Waals surface area contributed by atoms with E-state index >= 15 is 0 Å². The summed E-state index contributed by atoms with van der Waals surface area (Å²) in [6.07, 6.45) is 4.84. The lowest BCUT2D eigenvalue weighted by atomic mass is 9.89. The van der Waals surface area contributed by atoms with E-state index in [4.69, 9.17) is 0 Å². The van der Waals surface area contributed by atoms with Gasteiger partial charge in [-0.1, -0.05) is 31.2 Å². The van der Waals surface area contributed by atoms with Gasteiger partial charge in [-0.25, -0.2) is 0 Å². The fourth-order valence-electron chi connectivity index (χ4n) is 2.29. The molecule has 0 bridgehead atoms. The molecule has 1 aromatic heterocycles. The molecule has 17 heavy (non-hydrogen) atoms. The van der Waals surface area contributed by atoms with Crippen LogP contribution in [-0.2, 0) is 6.42 Å². The molecule has 1 aromatic carbocycles. The van der Waals surface area contributed by atoms with Gasteiger partial charge >= 0.3 is 0 Å². The SMILES string of the molecule is Cc1cccc(C(C)Cc2cccnc2)c1C. The summed E-state index contributed by atoms with van der Waals surface area (Å²) in [5.41, 5.74) is 5.55. The summed E-state index contributed by atoms with van der Waals surface area (Å²) in [5.74, 6) is 0.541. The van der Waals surface area contributed by atoms with Crippen LogP contribution in [0.5, 0.6) is 0 Å². The van der Waals surface area contributed by atoms with Crippen LogP contribution < -0.4 is 0 Å². The number of hydrogen-bond acceptors (Lipinski definition) is 1. The Morgan fingerprint density at radius 1 is 1.12 bits per heavy atom. The fraction of sp³-hybridized carbons (Fsp3) is 0.312. The Morgan fingerprint density at radius 3 is 2.65 bits per heavy atom. The smallest absolute Gasteiger partial charge is 0.0300 e. The molecular formula is C16H19N. The molecule has 1 unspecified atom stereocenters. The summed E-state index contributed by atoms with van der Waals surface area (Å²) in [6.45, 7) is 6.68. The summed E-state index contributed by atoms with van der Waals surface area (Å²) in [5, 5.41) is 0. The third-order valence-electron chi connectivity index (χ3n) is 3.44. The summed E-state index contributed by atoms with van der Waals surface area (Å²) < 4.78 is 0. The zero-order chi connectivity index (χ0) is 12.3. The minimum atomic E-state index is 0.541.